The molecule has 0 bridgehead atoms. The first kappa shape index (κ1) is 18.0. The van der Waals surface area contributed by atoms with Gasteiger partial charge in [-0.25, -0.2) is 17.2 Å². The first-order chi connectivity index (χ1) is 12.3. The zero-order valence-corrected chi connectivity index (χ0v) is 14.3. The number of rotatable bonds is 4. The molecule has 2 aromatic rings. The van der Waals surface area contributed by atoms with Crippen LogP contribution in [0.4, 0.5) is 14.5 Å². The smallest absolute Gasteiger partial charge is 0.262 e. The van der Waals surface area contributed by atoms with Gasteiger partial charge in [-0.3, -0.25) is 14.5 Å². The maximum Gasteiger partial charge on any atom is 0.262 e. The van der Waals surface area contributed by atoms with E-state index < -0.39 is 27.6 Å². The summed E-state index contributed by atoms with van der Waals surface area (Å²) in [7, 11) is -3.82. The first-order valence-electron chi connectivity index (χ1n) is 7.78. The monoisotopic (exact) mass is 379 g/mol. The van der Waals surface area contributed by atoms with E-state index in [1.807, 2.05) is 0 Å². The number of nitrogens with zero attached hydrogens (tertiary/aromatic N) is 1. The molecule has 1 heterocycles. The van der Waals surface area contributed by atoms with Crippen molar-refractivity contribution in [1.82, 2.24) is 4.72 Å². The Balaban J connectivity index is 1.78. The van der Waals surface area contributed by atoms with E-state index in [1.165, 1.54) is 24.3 Å². The number of carbonyl (C=O) groups is 1. The van der Waals surface area contributed by atoms with Crippen LogP contribution in [0.25, 0.3) is 0 Å². The number of sulfonamides is 1. The summed E-state index contributed by atoms with van der Waals surface area (Å²) in [6, 6.07) is 8.35. The summed E-state index contributed by atoms with van der Waals surface area (Å²) < 4.78 is 53.4. The van der Waals surface area contributed by atoms with Crippen molar-refractivity contribution >= 4 is 27.5 Å². The van der Waals surface area contributed by atoms with Crippen molar-refractivity contribution in [2.75, 3.05) is 11.9 Å². The Morgan fingerprint density at radius 3 is 2.58 bits per heavy atom. The van der Waals surface area contributed by atoms with Gasteiger partial charge in [-0.2, -0.15) is 0 Å². The van der Waals surface area contributed by atoms with Gasteiger partial charge in [0.2, 0.25) is 0 Å². The van der Waals surface area contributed by atoms with Gasteiger partial charge < -0.3 is 5.32 Å². The van der Waals surface area contributed by atoms with Crippen LogP contribution in [0.2, 0.25) is 0 Å². The molecule has 1 aliphatic rings. The van der Waals surface area contributed by atoms with E-state index in [0.717, 1.165) is 24.6 Å². The van der Waals surface area contributed by atoms with Crippen LogP contribution in [0.3, 0.4) is 0 Å². The lowest BCUT2D eigenvalue weighted by molar-refractivity contribution is 0.102. The highest BCUT2D eigenvalue weighted by Crippen LogP contribution is 2.18. The lowest BCUT2D eigenvalue weighted by atomic mass is 10.2. The van der Waals surface area contributed by atoms with Gasteiger partial charge in [0.25, 0.3) is 15.9 Å². The topological polar surface area (TPSA) is 87.6 Å². The van der Waals surface area contributed by atoms with E-state index >= 15 is 0 Å². The van der Waals surface area contributed by atoms with E-state index in [9.17, 15) is 22.0 Å². The summed E-state index contributed by atoms with van der Waals surface area (Å²) in [5, 5.41) is 2.46. The number of benzene rings is 2. The molecule has 9 heteroatoms. The molecule has 26 heavy (non-hydrogen) atoms. The molecule has 1 aliphatic heterocycles. The number of nitrogens with one attached hydrogen (secondary N) is 2. The van der Waals surface area contributed by atoms with Gasteiger partial charge in [0, 0.05) is 24.2 Å². The molecule has 2 aromatic carbocycles. The third-order valence-electron chi connectivity index (χ3n) is 3.71. The Bertz CT molecular complexity index is 990. The van der Waals surface area contributed by atoms with E-state index in [-0.39, 0.29) is 16.1 Å². The van der Waals surface area contributed by atoms with Crippen LogP contribution < -0.4 is 10.0 Å². The minimum absolute atomic E-state index is 0.0461. The summed E-state index contributed by atoms with van der Waals surface area (Å²) >= 11 is 0. The van der Waals surface area contributed by atoms with E-state index in [2.05, 4.69) is 15.0 Å². The van der Waals surface area contributed by atoms with Crippen molar-refractivity contribution in [2.45, 2.75) is 17.7 Å². The second-order valence-electron chi connectivity index (χ2n) is 5.65. The number of carbonyl (C=O) groups excluding carboxylic acids is 1. The van der Waals surface area contributed by atoms with Crippen LogP contribution in [0.1, 0.15) is 23.2 Å². The summed E-state index contributed by atoms with van der Waals surface area (Å²) in [6.45, 7) is 0.585. The second kappa shape index (κ2) is 7.20. The number of anilines is 1. The Kier molecular flexibility index (Phi) is 4.99. The molecule has 136 valence electrons. The highest BCUT2D eigenvalue weighted by molar-refractivity contribution is 7.90. The highest BCUT2D eigenvalue weighted by Gasteiger charge is 2.19. The number of halogens is 2. The molecule has 0 aromatic heterocycles. The zero-order chi connectivity index (χ0) is 18.7. The summed E-state index contributed by atoms with van der Waals surface area (Å²) in [5.74, 6) is -2.49. The largest absolute Gasteiger partial charge is 0.322 e. The third kappa shape index (κ3) is 4.05. The van der Waals surface area contributed by atoms with Gasteiger partial charge in [0.1, 0.15) is 5.84 Å². The minimum atomic E-state index is -3.82. The number of hydrogen-bond acceptors (Lipinski definition) is 4. The fourth-order valence-electron chi connectivity index (χ4n) is 2.42. The van der Waals surface area contributed by atoms with Crippen molar-refractivity contribution < 1.29 is 22.0 Å². The average molecular weight is 379 g/mol. The Hall–Kier alpha value is -2.81. The predicted octanol–water partition coefficient (Wildman–Crippen LogP) is 2.69. The van der Waals surface area contributed by atoms with Crippen LogP contribution in [0.15, 0.2) is 52.4 Å². The standard InChI is InChI=1S/C17H15F2N3O3S/c18-14-7-6-11(9-15(14)19)17(23)21-12-3-1-4-13(10-12)26(24,25)22-16-5-2-8-20-16/h1,3-4,6-7,9-10H,2,5,8H2,(H,20,22)(H,21,23). The zero-order valence-electron chi connectivity index (χ0n) is 13.5. The molecule has 0 spiro atoms. The Labute approximate surface area is 149 Å². The molecular formula is C17H15F2N3O3S. The van der Waals surface area contributed by atoms with Crippen molar-refractivity contribution in [2.24, 2.45) is 4.99 Å². The van der Waals surface area contributed by atoms with Crippen LogP contribution in [-0.4, -0.2) is 26.7 Å². The number of amides is 1. The van der Waals surface area contributed by atoms with Crippen molar-refractivity contribution in [1.29, 1.82) is 0 Å². The summed E-state index contributed by atoms with van der Waals surface area (Å²) in [6.07, 6.45) is 1.36. The molecule has 0 saturated heterocycles. The summed E-state index contributed by atoms with van der Waals surface area (Å²) in [4.78, 5) is 16.1. The van der Waals surface area contributed by atoms with Gasteiger partial charge in [0.15, 0.2) is 11.6 Å². The van der Waals surface area contributed by atoms with Crippen molar-refractivity contribution in [3.05, 3.63) is 59.7 Å². The summed E-state index contributed by atoms with van der Waals surface area (Å²) in [5.41, 5.74) is 0.117. The van der Waals surface area contributed by atoms with Crippen molar-refractivity contribution in [3.8, 4) is 0 Å². The molecule has 2 N–H and O–H groups in total. The van der Waals surface area contributed by atoms with Gasteiger partial charge in [-0.1, -0.05) is 6.07 Å². The average Bonchev–Trinajstić information content (AvgIpc) is 3.10. The fraction of sp³-hybridized carbons (Fsp3) is 0.176. The SMILES string of the molecule is O=C(Nc1cccc(S(=O)(=O)NC2=NCCC2)c1)c1ccc(F)c(F)c1. The maximum atomic E-state index is 13.2. The van der Waals surface area contributed by atoms with Crippen LogP contribution in [0, 0.1) is 11.6 Å². The molecular weight excluding hydrogens is 364 g/mol. The minimum Gasteiger partial charge on any atom is -0.322 e. The predicted molar refractivity (Wildman–Crippen MR) is 92.6 cm³/mol. The van der Waals surface area contributed by atoms with Gasteiger partial charge in [-0.15, -0.1) is 0 Å². The molecule has 6 nitrogen and oxygen atoms in total. The number of amidine groups is 1. The molecule has 0 fully saturated rings. The molecule has 0 saturated carbocycles. The lowest BCUT2D eigenvalue weighted by Gasteiger charge is -2.10. The van der Waals surface area contributed by atoms with E-state index in [4.69, 9.17) is 0 Å². The van der Waals surface area contributed by atoms with Gasteiger partial charge in [0.05, 0.1) is 4.90 Å². The van der Waals surface area contributed by atoms with Gasteiger partial charge in [-0.05, 0) is 42.8 Å². The maximum absolute atomic E-state index is 13.2. The number of aliphatic imine (C=N–C) groups is 1. The first-order valence-corrected chi connectivity index (χ1v) is 9.26. The molecule has 0 atom stereocenters. The fourth-order valence-corrected chi connectivity index (χ4v) is 3.55. The van der Waals surface area contributed by atoms with Crippen LogP contribution >= 0.6 is 0 Å². The Morgan fingerprint density at radius 2 is 1.88 bits per heavy atom. The molecule has 1 amide bonds. The molecule has 0 aliphatic carbocycles. The Morgan fingerprint density at radius 1 is 1.08 bits per heavy atom. The van der Waals surface area contributed by atoms with Gasteiger partial charge >= 0.3 is 0 Å². The molecule has 0 unspecified atom stereocenters. The molecule has 0 radical (unpaired) electrons. The third-order valence-corrected chi connectivity index (χ3v) is 5.09. The quantitative estimate of drug-likeness (QED) is 0.856. The van der Waals surface area contributed by atoms with Crippen LogP contribution in [-0.2, 0) is 10.0 Å². The van der Waals surface area contributed by atoms with E-state index in [1.54, 1.807) is 0 Å². The second-order valence-corrected chi connectivity index (χ2v) is 7.33. The van der Waals surface area contributed by atoms with E-state index in [0.29, 0.717) is 18.8 Å². The van der Waals surface area contributed by atoms with Crippen molar-refractivity contribution in [3.63, 3.8) is 0 Å². The highest BCUT2D eigenvalue weighted by atomic mass is 32.2. The molecule has 3 rings (SSSR count). The lowest BCUT2D eigenvalue weighted by Crippen LogP contribution is -2.29. The van der Waals surface area contributed by atoms with Crippen LogP contribution in [0.5, 0.6) is 0 Å². The normalized spacial score (nSPS) is 14.0. The number of hydrogen-bond donors (Lipinski definition) is 2.